The third-order valence-corrected chi connectivity index (χ3v) is 13.8. The molecule has 2 spiro atoms. The molecule has 9 rings (SSSR count). The molecule has 1 aromatic carbocycles. The highest BCUT2D eigenvalue weighted by Crippen LogP contribution is 2.78. The minimum absolute atomic E-state index is 0.0699. The van der Waals surface area contributed by atoms with Crippen molar-refractivity contribution in [3.63, 3.8) is 0 Å². The van der Waals surface area contributed by atoms with Crippen LogP contribution in [0, 0.1) is 22.7 Å². The normalized spacial score (nSPS) is 39.8. The van der Waals surface area contributed by atoms with E-state index in [1.54, 1.807) is 0 Å². The van der Waals surface area contributed by atoms with Crippen LogP contribution in [0.2, 0.25) is 0 Å². The Balaban J connectivity index is 1.16. The number of likely N-dealkylation sites (tertiary alicyclic amines) is 1. The topological polar surface area (TPSA) is 95.9 Å². The second-order valence-corrected chi connectivity index (χ2v) is 17.2. The lowest BCUT2D eigenvalue weighted by atomic mass is 9.33. The summed E-state index contributed by atoms with van der Waals surface area (Å²) in [6.45, 7) is 15.0. The molecular formula is C37H53NO8. The van der Waals surface area contributed by atoms with E-state index in [0.717, 1.165) is 51.1 Å². The fourth-order valence-corrected chi connectivity index (χ4v) is 10.9. The smallest absolute Gasteiger partial charge is 0.482 e. The molecule has 8 atom stereocenters. The lowest BCUT2D eigenvalue weighted by Crippen LogP contribution is -2.83. The van der Waals surface area contributed by atoms with Crippen LogP contribution in [0.4, 0.5) is 4.79 Å². The molecule has 4 saturated carbocycles. The summed E-state index contributed by atoms with van der Waals surface area (Å²) in [6, 6.07) is 4.43. The predicted octanol–water partition coefficient (Wildman–Crippen LogP) is 5.77. The molecule has 0 unspecified atom stereocenters. The maximum Gasteiger partial charge on any atom is 0.513 e. The maximum atomic E-state index is 13.1. The molecule has 4 bridgehead atoms. The van der Waals surface area contributed by atoms with Crippen molar-refractivity contribution in [2.75, 3.05) is 33.4 Å². The molecule has 0 amide bonds. The number of carbonyl (C=O) groups excluding carboxylic acids is 1. The van der Waals surface area contributed by atoms with Crippen molar-refractivity contribution in [1.82, 2.24) is 4.90 Å². The van der Waals surface area contributed by atoms with Gasteiger partial charge in [-0.05, 0) is 95.2 Å². The van der Waals surface area contributed by atoms with Crippen molar-refractivity contribution in [3.8, 4) is 11.5 Å². The molecule has 9 heteroatoms. The highest BCUT2D eigenvalue weighted by atomic mass is 16.7. The number of hydrogen-bond acceptors (Lipinski definition) is 9. The van der Waals surface area contributed by atoms with Crippen molar-refractivity contribution in [3.05, 3.63) is 23.3 Å². The summed E-state index contributed by atoms with van der Waals surface area (Å²) in [7, 11) is 1.81. The number of nitrogens with zero attached hydrogens (tertiary/aromatic N) is 1. The van der Waals surface area contributed by atoms with Crippen LogP contribution >= 0.6 is 0 Å². The fraction of sp³-hybridized carbons (Fsp3) is 0.811. The monoisotopic (exact) mass is 639 g/mol. The summed E-state index contributed by atoms with van der Waals surface area (Å²) >= 11 is 0. The van der Waals surface area contributed by atoms with Gasteiger partial charge in [0.1, 0.15) is 11.7 Å². The van der Waals surface area contributed by atoms with Crippen LogP contribution in [0.25, 0.3) is 0 Å². The fourth-order valence-electron chi connectivity index (χ4n) is 10.9. The van der Waals surface area contributed by atoms with Crippen LogP contribution in [-0.2, 0) is 30.8 Å². The number of rotatable bonds is 8. The molecule has 1 aromatic rings. The number of benzene rings is 1. The molecule has 1 N–H and O–H groups in total. The van der Waals surface area contributed by atoms with E-state index in [-0.39, 0.29) is 41.0 Å². The van der Waals surface area contributed by atoms with Gasteiger partial charge in [0, 0.05) is 48.4 Å². The third-order valence-electron chi connectivity index (χ3n) is 13.8. The molecule has 254 valence electrons. The van der Waals surface area contributed by atoms with Crippen molar-refractivity contribution >= 4 is 6.16 Å². The van der Waals surface area contributed by atoms with Crippen LogP contribution in [0.1, 0.15) is 97.6 Å². The van der Waals surface area contributed by atoms with Gasteiger partial charge in [0.25, 0.3) is 0 Å². The van der Waals surface area contributed by atoms with Crippen LogP contribution in [-0.4, -0.2) is 84.8 Å². The first kappa shape index (κ1) is 31.4. The van der Waals surface area contributed by atoms with Crippen molar-refractivity contribution in [2.24, 2.45) is 22.7 Å². The van der Waals surface area contributed by atoms with Gasteiger partial charge in [0.05, 0.1) is 24.9 Å². The van der Waals surface area contributed by atoms with E-state index in [1.807, 2.05) is 33.9 Å². The van der Waals surface area contributed by atoms with Crippen LogP contribution in [0.3, 0.4) is 0 Å². The highest BCUT2D eigenvalue weighted by molar-refractivity contribution is 5.70. The van der Waals surface area contributed by atoms with Gasteiger partial charge in [-0.2, -0.15) is 0 Å². The van der Waals surface area contributed by atoms with Gasteiger partial charge >= 0.3 is 6.16 Å². The van der Waals surface area contributed by atoms with Crippen LogP contribution < -0.4 is 9.47 Å². The average Bonchev–Trinajstić information content (AvgIpc) is 3.63. The summed E-state index contributed by atoms with van der Waals surface area (Å²) in [5, 5.41) is 12.5. The zero-order chi connectivity index (χ0) is 32.5. The van der Waals surface area contributed by atoms with E-state index >= 15 is 0 Å². The minimum atomic E-state index is -0.988. The Morgan fingerprint density at radius 2 is 1.91 bits per heavy atom. The Hall–Kier alpha value is -1.91. The molecule has 5 aliphatic carbocycles. The van der Waals surface area contributed by atoms with Gasteiger partial charge in [0.15, 0.2) is 17.3 Å². The summed E-state index contributed by atoms with van der Waals surface area (Å²) in [6.07, 6.45) is 6.74. The van der Waals surface area contributed by atoms with Crippen molar-refractivity contribution < 1.29 is 38.3 Å². The predicted molar refractivity (Wildman–Crippen MR) is 170 cm³/mol. The Kier molecular flexibility index (Phi) is 6.86. The second-order valence-electron chi connectivity index (χ2n) is 17.2. The maximum absolute atomic E-state index is 13.1. The van der Waals surface area contributed by atoms with E-state index in [9.17, 15) is 9.90 Å². The lowest BCUT2D eigenvalue weighted by Gasteiger charge is -2.75. The van der Waals surface area contributed by atoms with Crippen LogP contribution in [0.15, 0.2) is 12.1 Å². The number of ether oxygens (including phenoxy) is 6. The first-order chi connectivity index (χ1) is 21.7. The summed E-state index contributed by atoms with van der Waals surface area (Å²) in [4.78, 5) is 15.9. The number of methoxy groups -OCH3 is 1. The molecule has 2 saturated heterocycles. The van der Waals surface area contributed by atoms with Crippen molar-refractivity contribution in [2.45, 2.75) is 134 Å². The molecule has 8 aliphatic rings. The lowest BCUT2D eigenvalue weighted by molar-refractivity contribution is -0.312. The van der Waals surface area contributed by atoms with Gasteiger partial charge in [0.2, 0.25) is 0 Å². The Morgan fingerprint density at radius 3 is 2.59 bits per heavy atom. The largest absolute Gasteiger partial charge is 0.513 e. The van der Waals surface area contributed by atoms with E-state index in [1.165, 1.54) is 24.0 Å². The number of aliphatic hydroxyl groups is 1. The molecule has 46 heavy (non-hydrogen) atoms. The van der Waals surface area contributed by atoms with Gasteiger partial charge in [-0.3, -0.25) is 4.90 Å². The minimum Gasteiger partial charge on any atom is -0.482 e. The van der Waals surface area contributed by atoms with Gasteiger partial charge < -0.3 is 33.5 Å². The van der Waals surface area contributed by atoms with Gasteiger partial charge in [-0.1, -0.05) is 26.8 Å². The summed E-state index contributed by atoms with van der Waals surface area (Å²) in [5.74, 6) is 1.16. The molecule has 3 aliphatic heterocycles. The first-order valence-corrected chi connectivity index (χ1v) is 17.7. The van der Waals surface area contributed by atoms with E-state index < -0.39 is 23.1 Å². The zero-order valence-corrected chi connectivity index (χ0v) is 28.8. The Bertz CT molecular complexity index is 1410. The average molecular weight is 640 g/mol. The number of carbonyl (C=O) groups is 1. The highest BCUT2D eigenvalue weighted by Gasteiger charge is 2.82. The molecule has 0 aromatic heterocycles. The van der Waals surface area contributed by atoms with E-state index in [0.29, 0.717) is 30.6 Å². The van der Waals surface area contributed by atoms with Crippen LogP contribution in [0.5, 0.6) is 11.5 Å². The number of fused-ring (bicyclic) bond motifs is 2. The SMILES string of the molecule is CO[C@]12CC[C@@]3(C[C@@H]1[C@](C)(O)C(C)(C)C)[C@H]1Cc4ccc(OC(=O)OCC[C@@H]5COC(C)(C)O5)c5c4[C@@]3(CCN1CC1CC1)[C@H]2O5. The molecule has 6 fully saturated rings. The third kappa shape index (κ3) is 4.20. The van der Waals surface area contributed by atoms with E-state index in [4.69, 9.17) is 28.4 Å². The number of piperidine rings is 1. The molecular weight excluding hydrogens is 586 g/mol. The molecule has 9 nitrogen and oxygen atoms in total. The van der Waals surface area contributed by atoms with Gasteiger partial charge in [-0.15, -0.1) is 0 Å². The Labute approximate surface area is 273 Å². The number of hydrogen-bond donors (Lipinski definition) is 1. The Morgan fingerprint density at radius 1 is 1.13 bits per heavy atom. The summed E-state index contributed by atoms with van der Waals surface area (Å²) < 4.78 is 36.8. The quantitative estimate of drug-likeness (QED) is 0.281. The second kappa shape index (κ2) is 10.1. The standard InChI is InChI=1S/C37H53NO8/c1-32(2,3)34(6,40)26-19-35-13-14-37(26,41-7)30-36(35)15-16-38(20-22-8-9-22)27(35)18-23-10-11-25(29(45-30)28(23)36)44-31(39)42-17-12-24-21-43-33(4,5)46-24/h10-11,22,24,26-27,30,40H,8-9,12-21H2,1-7H3/t24-,26-,27-,30-,34+,35-,36+,37-/m1/s1. The molecule has 3 heterocycles. The zero-order valence-electron chi connectivity index (χ0n) is 28.8. The summed E-state index contributed by atoms with van der Waals surface area (Å²) in [5.41, 5.74) is 0.159. The first-order valence-electron chi connectivity index (χ1n) is 17.7. The van der Waals surface area contributed by atoms with Crippen molar-refractivity contribution in [1.29, 1.82) is 0 Å². The molecule has 0 radical (unpaired) electrons. The van der Waals surface area contributed by atoms with Gasteiger partial charge in [-0.25, -0.2) is 4.79 Å². The van der Waals surface area contributed by atoms with E-state index in [2.05, 4.69) is 31.7 Å².